The monoisotopic (exact) mass is 269 g/mol. The second kappa shape index (κ2) is 6.16. The van der Waals surface area contributed by atoms with E-state index in [4.69, 9.17) is 8.94 Å². The first-order valence-corrected chi connectivity index (χ1v) is 6.48. The molecule has 0 amide bonds. The molecule has 0 spiro atoms. The highest BCUT2D eigenvalue weighted by Crippen LogP contribution is 2.06. The predicted octanol–water partition coefficient (Wildman–Crippen LogP) is 2.54. The zero-order chi connectivity index (χ0) is 13.6. The van der Waals surface area contributed by atoms with Gasteiger partial charge in [-0.2, -0.15) is 4.98 Å². The van der Waals surface area contributed by atoms with Gasteiger partial charge in [-0.05, 0) is 17.7 Å². The van der Waals surface area contributed by atoms with E-state index < -0.39 is 0 Å². The number of rotatable bonds is 6. The average Bonchev–Trinajstić information content (AvgIpc) is 3.12. The number of hydrogen-bond donors (Lipinski definition) is 1. The van der Waals surface area contributed by atoms with Crippen molar-refractivity contribution >= 4 is 0 Å². The normalized spacial score (nSPS) is 10.8. The Kier molecular flexibility index (Phi) is 3.89. The summed E-state index contributed by atoms with van der Waals surface area (Å²) in [6.07, 6.45) is 2.34. The molecule has 0 aliphatic heterocycles. The molecule has 2 aromatic heterocycles. The van der Waals surface area contributed by atoms with E-state index in [1.54, 1.807) is 6.26 Å². The van der Waals surface area contributed by atoms with Gasteiger partial charge in [0.15, 0.2) is 5.82 Å². The first-order valence-electron chi connectivity index (χ1n) is 6.48. The van der Waals surface area contributed by atoms with E-state index >= 15 is 0 Å². The lowest BCUT2D eigenvalue weighted by Gasteiger charge is -1.97. The molecule has 0 unspecified atom stereocenters. The van der Waals surface area contributed by atoms with Gasteiger partial charge in [0.05, 0.1) is 19.4 Å². The molecule has 20 heavy (non-hydrogen) atoms. The molecule has 1 aromatic carbocycles. The maximum Gasteiger partial charge on any atom is 0.240 e. The second-order valence-electron chi connectivity index (χ2n) is 4.45. The number of hydrogen-bond acceptors (Lipinski definition) is 5. The fraction of sp³-hybridized carbons (Fsp3) is 0.200. The van der Waals surface area contributed by atoms with Gasteiger partial charge in [0.2, 0.25) is 5.89 Å². The van der Waals surface area contributed by atoms with Crippen LogP contribution in [0.25, 0.3) is 0 Å². The predicted molar refractivity (Wildman–Crippen MR) is 72.8 cm³/mol. The highest BCUT2D eigenvalue weighted by molar-refractivity contribution is 5.18. The van der Waals surface area contributed by atoms with Crippen LogP contribution in [0.15, 0.2) is 57.7 Å². The summed E-state index contributed by atoms with van der Waals surface area (Å²) in [6.45, 7) is 1.17. The van der Waals surface area contributed by atoms with Gasteiger partial charge in [-0.1, -0.05) is 35.5 Å². The van der Waals surface area contributed by atoms with E-state index in [-0.39, 0.29) is 0 Å². The Labute approximate surface area is 116 Å². The number of furan rings is 1. The van der Waals surface area contributed by atoms with E-state index in [1.807, 2.05) is 42.5 Å². The maximum absolute atomic E-state index is 5.23. The molecule has 0 radical (unpaired) electrons. The summed E-state index contributed by atoms with van der Waals surface area (Å²) in [6, 6.07) is 13.9. The van der Waals surface area contributed by atoms with Crippen LogP contribution < -0.4 is 5.32 Å². The number of benzene rings is 1. The Morgan fingerprint density at radius 1 is 1.00 bits per heavy atom. The molecular weight excluding hydrogens is 254 g/mol. The standard InChI is InChI=1S/C15H15N3O2/c1-2-5-12(6-3-1)9-14-17-15(20-18-14)11-16-10-13-7-4-8-19-13/h1-8,16H,9-11H2. The van der Waals surface area contributed by atoms with Crippen molar-refractivity contribution in [3.05, 3.63) is 71.8 Å². The van der Waals surface area contributed by atoms with Gasteiger partial charge in [-0.25, -0.2) is 0 Å². The van der Waals surface area contributed by atoms with E-state index in [1.165, 1.54) is 5.56 Å². The third-order valence-electron chi connectivity index (χ3n) is 2.87. The van der Waals surface area contributed by atoms with Crippen molar-refractivity contribution in [1.82, 2.24) is 15.5 Å². The van der Waals surface area contributed by atoms with Crippen LogP contribution >= 0.6 is 0 Å². The van der Waals surface area contributed by atoms with Gasteiger partial charge in [0, 0.05) is 6.42 Å². The molecule has 2 heterocycles. The molecule has 0 aliphatic carbocycles. The minimum Gasteiger partial charge on any atom is -0.468 e. The van der Waals surface area contributed by atoms with Gasteiger partial charge >= 0.3 is 0 Å². The quantitative estimate of drug-likeness (QED) is 0.745. The van der Waals surface area contributed by atoms with Gasteiger partial charge in [0.1, 0.15) is 5.76 Å². The van der Waals surface area contributed by atoms with Crippen LogP contribution in [0.3, 0.4) is 0 Å². The average molecular weight is 269 g/mol. The third-order valence-corrected chi connectivity index (χ3v) is 2.87. The number of nitrogens with one attached hydrogen (secondary N) is 1. The summed E-state index contributed by atoms with van der Waals surface area (Å²) in [5.74, 6) is 2.17. The molecule has 5 nitrogen and oxygen atoms in total. The summed E-state index contributed by atoms with van der Waals surface area (Å²) >= 11 is 0. The molecule has 5 heteroatoms. The molecule has 0 atom stereocenters. The molecule has 102 valence electrons. The highest BCUT2D eigenvalue weighted by atomic mass is 16.5. The lowest BCUT2D eigenvalue weighted by atomic mass is 10.1. The van der Waals surface area contributed by atoms with E-state index in [2.05, 4.69) is 15.5 Å². The Balaban J connectivity index is 1.52. The first kappa shape index (κ1) is 12.6. The second-order valence-corrected chi connectivity index (χ2v) is 4.45. The molecule has 3 rings (SSSR count). The van der Waals surface area contributed by atoms with Gasteiger partial charge in [0.25, 0.3) is 0 Å². The molecule has 0 saturated carbocycles. The first-order chi connectivity index (χ1) is 9.90. The highest BCUT2D eigenvalue weighted by Gasteiger charge is 2.06. The van der Waals surface area contributed by atoms with Crippen molar-refractivity contribution < 1.29 is 8.94 Å². The Morgan fingerprint density at radius 3 is 2.70 bits per heavy atom. The third kappa shape index (κ3) is 3.33. The van der Waals surface area contributed by atoms with E-state index in [9.17, 15) is 0 Å². The summed E-state index contributed by atoms with van der Waals surface area (Å²) in [4.78, 5) is 4.35. The zero-order valence-corrected chi connectivity index (χ0v) is 11.0. The fourth-order valence-electron chi connectivity index (χ4n) is 1.92. The largest absolute Gasteiger partial charge is 0.468 e. The van der Waals surface area contributed by atoms with E-state index in [0.717, 1.165) is 5.76 Å². The topological polar surface area (TPSA) is 64.1 Å². The van der Waals surface area contributed by atoms with Crippen molar-refractivity contribution in [2.75, 3.05) is 0 Å². The molecule has 0 fully saturated rings. The van der Waals surface area contributed by atoms with Crippen molar-refractivity contribution in [2.24, 2.45) is 0 Å². The van der Waals surface area contributed by atoms with Crippen LogP contribution in [0, 0.1) is 0 Å². The SMILES string of the molecule is c1ccc(Cc2noc(CNCc3ccco3)n2)cc1. The molecule has 0 bridgehead atoms. The van der Waals surface area contributed by atoms with Crippen molar-refractivity contribution in [3.63, 3.8) is 0 Å². The van der Waals surface area contributed by atoms with Gasteiger partial charge in [-0.3, -0.25) is 0 Å². The van der Waals surface area contributed by atoms with Crippen LogP contribution in [0.2, 0.25) is 0 Å². The summed E-state index contributed by atoms with van der Waals surface area (Å²) < 4.78 is 10.4. The van der Waals surface area contributed by atoms with Crippen LogP contribution in [0.5, 0.6) is 0 Å². The Morgan fingerprint density at radius 2 is 1.90 bits per heavy atom. The smallest absolute Gasteiger partial charge is 0.240 e. The fourth-order valence-corrected chi connectivity index (χ4v) is 1.92. The van der Waals surface area contributed by atoms with Crippen molar-refractivity contribution in [3.8, 4) is 0 Å². The number of aromatic nitrogens is 2. The summed E-state index contributed by atoms with van der Waals surface area (Å²) in [5, 5.41) is 7.17. The molecule has 3 aromatic rings. The maximum atomic E-state index is 5.23. The van der Waals surface area contributed by atoms with Crippen LogP contribution in [-0.2, 0) is 19.5 Å². The van der Waals surface area contributed by atoms with Crippen molar-refractivity contribution in [2.45, 2.75) is 19.5 Å². The van der Waals surface area contributed by atoms with Crippen molar-refractivity contribution in [1.29, 1.82) is 0 Å². The molecule has 0 aliphatic rings. The lowest BCUT2D eigenvalue weighted by molar-refractivity contribution is 0.359. The van der Waals surface area contributed by atoms with E-state index in [0.29, 0.717) is 31.2 Å². The van der Waals surface area contributed by atoms with Crippen LogP contribution in [0.1, 0.15) is 23.0 Å². The van der Waals surface area contributed by atoms with Crippen LogP contribution in [-0.4, -0.2) is 10.1 Å². The molecular formula is C15H15N3O2. The number of nitrogens with zero attached hydrogens (tertiary/aromatic N) is 2. The minimum absolute atomic E-state index is 0.530. The lowest BCUT2D eigenvalue weighted by Crippen LogP contribution is -2.12. The Hall–Kier alpha value is -2.40. The minimum atomic E-state index is 0.530. The zero-order valence-electron chi connectivity index (χ0n) is 11.0. The Bertz CT molecular complexity index is 632. The van der Waals surface area contributed by atoms with Gasteiger partial charge < -0.3 is 14.3 Å². The molecule has 0 saturated heterocycles. The summed E-state index contributed by atoms with van der Waals surface area (Å²) in [7, 11) is 0. The van der Waals surface area contributed by atoms with Crippen LogP contribution in [0.4, 0.5) is 0 Å². The summed E-state index contributed by atoms with van der Waals surface area (Å²) in [5.41, 5.74) is 1.17. The van der Waals surface area contributed by atoms with Gasteiger partial charge in [-0.15, -0.1) is 0 Å². The molecule has 1 N–H and O–H groups in total.